The molecule has 0 saturated heterocycles. The van der Waals surface area contributed by atoms with Crippen LogP contribution in [-0.2, 0) is 9.59 Å². The van der Waals surface area contributed by atoms with Crippen molar-refractivity contribution in [1.82, 2.24) is 0 Å². The third-order valence-corrected chi connectivity index (χ3v) is 0.595. The topological polar surface area (TPSA) is 34.1 Å². The first-order chi connectivity index (χ1) is 5.54. The molecule has 12 heavy (non-hydrogen) atoms. The Balaban J connectivity index is 0. The van der Waals surface area contributed by atoms with Gasteiger partial charge in [0.15, 0.2) is 11.6 Å². The van der Waals surface area contributed by atoms with E-state index in [2.05, 4.69) is 0 Å². The Kier molecular flexibility index (Phi) is 10.7. The predicted molar refractivity (Wildman–Crippen MR) is 41.9 cm³/mol. The molecule has 0 spiro atoms. The summed E-state index contributed by atoms with van der Waals surface area (Å²) in [6, 6.07) is 0. The molecular formula is C8H10F2O2. The maximum Gasteiger partial charge on any atom is 0.154 e. The van der Waals surface area contributed by atoms with E-state index in [0.717, 1.165) is 12.2 Å². The second kappa shape index (κ2) is 9.68. The van der Waals surface area contributed by atoms with Gasteiger partial charge in [0.1, 0.15) is 0 Å². The van der Waals surface area contributed by atoms with Crippen molar-refractivity contribution in [3.63, 3.8) is 0 Å². The molecule has 2 nitrogen and oxygen atoms in total. The minimum atomic E-state index is -0.266. The zero-order valence-electron chi connectivity index (χ0n) is 6.88. The lowest BCUT2D eigenvalue weighted by Crippen LogP contribution is -1.75. The van der Waals surface area contributed by atoms with E-state index in [0.29, 0.717) is 0 Å². The van der Waals surface area contributed by atoms with E-state index in [1.807, 2.05) is 0 Å². The Bertz CT molecular complexity index is 173. The molecule has 0 unspecified atom stereocenters. The number of hydrogen-bond acceptors (Lipinski definition) is 2. The Morgan fingerprint density at radius 2 is 1.17 bits per heavy atom. The maximum atomic E-state index is 10.8. The molecule has 0 atom stereocenters. The molecule has 0 aromatic heterocycles. The van der Waals surface area contributed by atoms with Gasteiger partial charge in [-0.3, -0.25) is 9.59 Å². The van der Waals surface area contributed by atoms with E-state index >= 15 is 0 Å². The number of carbonyl (C=O) groups excluding carboxylic acids is 2. The molecule has 4 heteroatoms. The normalized spacial score (nSPS) is 9.67. The molecule has 0 N–H and O–H groups in total. The van der Waals surface area contributed by atoms with Crippen molar-refractivity contribution < 1.29 is 18.4 Å². The molecule has 0 bridgehead atoms. The fourth-order valence-electron chi connectivity index (χ4n) is 0.177. The van der Waals surface area contributed by atoms with Crippen LogP contribution >= 0.6 is 0 Å². The average molecular weight is 176 g/mol. The third kappa shape index (κ3) is 23.4. The van der Waals surface area contributed by atoms with Crippen LogP contribution in [-0.4, -0.2) is 11.6 Å². The van der Waals surface area contributed by atoms with Gasteiger partial charge in [-0.25, -0.2) is 8.78 Å². The zero-order chi connectivity index (χ0) is 9.98. The molecule has 0 aromatic carbocycles. The number of allylic oxidation sites excluding steroid dienone is 2. The van der Waals surface area contributed by atoms with E-state index in [1.54, 1.807) is 0 Å². The van der Waals surface area contributed by atoms with Crippen molar-refractivity contribution in [2.45, 2.75) is 13.8 Å². The van der Waals surface area contributed by atoms with Crippen molar-refractivity contribution in [2.75, 3.05) is 0 Å². The van der Waals surface area contributed by atoms with Crippen molar-refractivity contribution in [2.24, 2.45) is 0 Å². The summed E-state index contributed by atoms with van der Waals surface area (Å²) in [5.41, 5.74) is 0. The monoisotopic (exact) mass is 176 g/mol. The summed E-state index contributed by atoms with van der Waals surface area (Å²) in [6.07, 6.45) is 2.17. The van der Waals surface area contributed by atoms with Crippen LogP contribution in [0.1, 0.15) is 13.8 Å². The van der Waals surface area contributed by atoms with Gasteiger partial charge in [-0.2, -0.15) is 0 Å². The highest BCUT2D eigenvalue weighted by atomic mass is 19.1. The van der Waals surface area contributed by atoms with Crippen molar-refractivity contribution in [3.8, 4) is 0 Å². The highest BCUT2D eigenvalue weighted by Crippen LogP contribution is 1.72. The van der Waals surface area contributed by atoms with Gasteiger partial charge < -0.3 is 0 Å². The van der Waals surface area contributed by atoms with Gasteiger partial charge in [0.05, 0.1) is 12.7 Å². The van der Waals surface area contributed by atoms with Crippen LogP contribution in [0.15, 0.2) is 24.8 Å². The van der Waals surface area contributed by atoms with Crippen LogP contribution in [0, 0.1) is 0 Å². The summed E-state index contributed by atoms with van der Waals surface area (Å²) in [6.45, 7) is 2.58. The van der Waals surface area contributed by atoms with Gasteiger partial charge in [0.2, 0.25) is 0 Å². The minimum Gasteiger partial charge on any atom is -0.295 e. The molecule has 0 aliphatic heterocycles. The Labute approximate surface area is 69.6 Å². The van der Waals surface area contributed by atoms with Crippen LogP contribution in [0.2, 0.25) is 0 Å². The van der Waals surface area contributed by atoms with Crippen molar-refractivity contribution in [3.05, 3.63) is 24.8 Å². The van der Waals surface area contributed by atoms with Crippen molar-refractivity contribution in [1.29, 1.82) is 0 Å². The van der Waals surface area contributed by atoms with Gasteiger partial charge in [-0.1, -0.05) is 0 Å². The van der Waals surface area contributed by atoms with Crippen molar-refractivity contribution >= 4 is 11.6 Å². The first kappa shape index (κ1) is 13.3. The lowest BCUT2D eigenvalue weighted by molar-refractivity contribution is -0.113. The summed E-state index contributed by atoms with van der Waals surface area (Å²) < 4.78 is 21.7. The Morgan fingerprint density at radius 3 is 1.17 bits per heavy atom. The van der Waals surface area contributed by atoms with Gasteiger partial charge >= 0.3 is 0 Å². The number of halogens is 2. The number of carbonyl (C=O) groups is 2. The van der Waals surface area contributed by atoms with Crippen LogP contribution < -0.4 is 0 Å². The van der Waals surface area contributed by atoms with Crippen LogP contribution in [0.4, 0.5) is 8.78 Å². The lowest BCUT2D eigenvalue weighted by Gasteiger charge is -1.66. The van der Waals surface area contributed by atoms with Gasteiger partial charge in [-0.15, -0.1) is 0 Å². The zero-order valence-corrected chi connectivity index (χ0v) is 6.88. The predicted octanol–water partition coefficient (Wildman–Crippen LogP) is 2.12. The second-order valence-corrected chi connectivity index (χ2v) is 1.81. The summed E-state index contributed by atoms with van der Waals surface area (Å²) >= 11 is 0. The van der Waals surface area contributed by atoms with Crippen LogP contribution in [0.5, 0.6) is 0 Å². The number of hydrogen-bond donors (Lipinski definition) is 0. The minimum absolute atomic E-state index is 0.225. The fourth-order valence-corrected chi connectivity index (χ4v) is 0.177. The maximum absolute atomic E-state index is 10.8. The molecule has 0 aliphatic carbocycles. The largest absolute Gasteiger partial charge is 0.295 e. The smallest absolute Gasteiger partial charge is 0.154 e. The lowest BCUT2D eigenvalue weighted by atomic mass is 10.5. The average Bonchev–Trinajstić information content (AvgIpc) is 1.87. The summed E-state index contributed by atoms with van der Waals surface area (Å²) in [5.74, 6) is -0.532. The molecule has 0 rings (SSSR count). The molecule has 0 radical (unpaired) electrons. The van der Waals surface area contributed by atoms with E-state index < -0.39 is 0 Å². The van der Waals surface area contributed by atoms with E-state index in [-0.39, 0.29) is 24.2 Å². The van der Waals surface area contributed by atoms with E-state index in [1.165, 1.54) is 13.8 Å². The van der Waals surface area contributed by atoms with E-state index in [9.17, 15) is 18.4 Å². The third-order valence-electron chi connectivity index (χ3n) is 0.595. The summed E-state index contributed by atoms with van der Waals surface area (Å²) in [4.78, 5) is 19.4. The van der Waals surface area contributed by atoms with Gasteiger partial charge in [0, 0.05) is 12.2 Å². The summed E-state index contributed by atoms with van der Waals surface area (Å²) in [5, 5.41) is 0. The molecule has 0 aromatic rings. The van der Waals surface area contributed by atoms with Crippen LogP contribution in [0.3, 0.4) is 0 Å². The fraction of sp³-hybridized carbons (Fsp3) is 0.250. The highest BCUT2D eigenvalue weighted by molar-refractivity contribution is 5.87. The van der Waals surface area contributed by atoms with E-state index in [4.69, 9.17) is 0 Å². The standard InChI is InChI=1S/2C4H5FO/c2*1-4(6)2-3-5/h2*2-3H,1H3/b2*3-2+. The quantitative estimate of drug-likeness (QED) is 0.604. The van der Waals surface area contributed by atoms with Gasteiger partial charge in [-0.05, 0) is 13.8 Å². The van der Waals surface area contributed by atoms with Crippen LogP contribution in [0.25, 0.3) is 0 Å². The molecule has 0 fully saturated rings. The highest BCUT2D eigenvalue weighted by Gasteiger charge is 1.75. The molecular weight excluding hydrogens is 166 g/mol. The molecule has 68 valence electrons. The number of ketones is 2. The first-order valence-corrected chi connectivity index (χ1v) is 3.09. The summed E-state index contributed by atoms with van der Waals surface area (Å²) in [7, 11) is 0. The Morgan fingerprint density at radius 1 is 0.917 bits per heavy atom. The molecule has 0 heterocycles. The molecule has 0 saturated carbocycles. The number of rotatable bonds is 2. The SMILES string of the molecule is CC(=O)/C=C/F.CC(=O)/C=C/F. The molecule has 0 aliphatic rings. The molecule has 0 amide bonds. The second-order valence-electron chi connectivity index (χ2n) is 1.81. The van der Waals surface area contributed by atoms with Gasteiger partial charge in [0.25, 0.3) is 0 Å². The Hall–Kier alpha value is -1.32. The first-order valence-electron chi connectivity index (χ1n) is 3.09.